The molecule has 0 saturated carbocycles. The number of nitrogens with zero attached hydrogens (tertiary/aromatic N) is 5. The van der Waals surface area contributed by atoms with Gasteiger partial charge in [-0.3, -0.25) is 0 Å². The zero-order valence-electron chi connectivity index (χ0n) is 11.1. The molecule has 3 rings (SSSR count). The summed E-state index contributed by atoms with van der Waals surface area (Å²) in [7, 11) is 0. The first-order valence-electron chi connectivity index (χ1n) is 6.12. The zero-order valence-corrected chi connectivity index (χ0v) is 11.1. The second-order valence-corrected chi connectivity index (χ2v) is 4.50. The first-order chi connectivity index (χ1) is 9.66. The second-order valence-electron chi connectivity index (χ2n) is 4.50. The van der Waals surface area contributed by atoms with Gasteiger partial charge in [-0.15, -0.1) is 10.2 Å². The quantitative estimate of drug-likeness (QED) is 0.712. The summed E-state index contributed by atoms with van der Waals surface area (Å²) in [4.78, 5) is 12.0. The predicted octanol–water partition coefficient (Wildman–Crippen LogP) is 0.281. The highest BCUT2D eigenvalue weighted by Gasteiger charge is 2.15. The average molecular weight is 271 g/mol. The average Bonchev–Trinajstić information content (AvgIpc) is 3.05. The fraction of sp³-hybridized carbons (Fsp3) is 0.250. The summed E-state index contributed by atoms with van der Waals surface area (Å²) >= 11 is 0. The molecular formula is C12H13N7O. The van der Waals surface area contributed by atoms with E-state index in [1.807, 2.05) is 32.0 Å². The van der Waals surface area contributed by atoms with E-state index in [4.69, 9.17) is 0 Å². The lowest BCUT2D eigenvalue weighted by atomic mass is 10.1. The fourth-order valence-corrected chi connectivity index (χ4v) is 2.07. The van der Waals surface area contributed by atoms with Gasteiger partial charge in [0.05, 0.1) is 12.1 Å². The lowest BCUT2D eigenvalue weighted by Crippen LogP contribution is -2.18. The molecule has 0 unspecified atom stereocenters. The van der Waals surface area contributed by atoms with Crippen LogP contribution in [0.2, 0.25) is 0 Å². The highest BCUT2D eigenvalue weighted by atomic mass is 16.1. The summed E-state index contributed by atoms with van der Waals surface area (Å²) in [6.45, 7) is 3.98. The molecule has 20 heavy (non-hydrogen) atoms. The van der Waals surface area contributed by atoms with Gasteiger partial charge in [0.15, 0.2) is 5.82 Å². The fourth-order valence-electron chi connectivity index (χ4n) is 2.07. The molecule has 2 heterocycles. The van der Waals surface area contributed by atoms with E-state index in [2.05, 4.69) is 30.8 Å². The molecule has 8 heteroatoms. The van der Waals surface area contributed by atoms with E-state index in [0.717, 1.165) is 16.8 Å². The van der Waals surface area contributed by atoms with E-state index < -0.39 is 0 Å². The lowest BCUT2D eigenvalue weighted by molar-refractivity contribution is 0.844. The third-order valence-electron chi connectivity index (χ3n) is 3.26. The van der Waals surface area contributed by atoms with E-state index in [0.29, 0.717) is 18.1 Å². The number of benzene rings is 1. The molecule has 0 amide bonds. The second kappa shape index (κ2) is 4.72. The molecule has 2 N–H and O–H groups in total. The maximum atomic E-state index is 12.0. The maximum absolute atomic E-state index is 12.0. The van der Waals surface area contributed by atoms with Gasteiger partial charge >= 0.3 is 5.69 Å². The summed E-state index contributed by atoms with van der Waals surface area (Å²) in [5.74, 6) is 1.03. The van der Waals surface area contributed by atoms with Gasteiger partial charge in [0.25, 0.3) is 0 Å². The zero-order chi connectivity index (χ0) is 14.1. The van der Waals surface area contributed by atoms with Gasteiger partial charge in [0, 0.05) is 0 Å². The van der Waals surface area contributed by atoms with E-state index >= 15 is 0 Å². The number of H-pyrrole nitrogens is 2. The Morgan fingerprint density at radius 1 is 1.25 bits per heavy atom. The minimum absolute atomic E-state index is 0.280. The first kappa shape index (κ1) is 12.3. The van der Waals surface area contributed by atoms with Crippen LogP contribution in [0, 0.1) is 13.8 Å². The van der Waals surface area contributed by atoms with Crippen molar-refractivity contribution >= 4 is 0 Å². The first-order valence-corrected chi connectivity index (χ1v) is 6.12. The van der Waals surface area contributed by atoms with Crippen LogP contribution in [0.25, 0.3) is 5.69 Å². The van der Waals surface area contributed by atoms with Gasteiger partial charge in [-0.1, -0.05) is 17.3 Å². The largest absolute Gasteiger partial charge is 0.347 e. The van der Waals surface area contributed by atoms with E-state index in [1.165, 1.54) is 0 Å². The number of aromatic nitrogens is 7. The Labute approximate surface area is 113 Å². The summed E-state index contributed by atoms with van der Waals surface area (Å²) in [6, 6.07) is 5.80. The van der Waals surface area contributed by atoms with Crippen molar-refractivity contribution in [2.24, 2.45) is 0 Å². The summed E-state index contributed by atoms with van der Waals surface area (Å²) in [5.41, 5.74) is 2.67. The Hall–Kier alpha value is -2.77. The van der Waals surface area contributed by atoms with Crippen LogP contribution >= 0.6 is 0 Å². The third-order valence-corrected chi connectivity index (χ3v) is 3.26. The highest BCUT2D eigenvalue weighted by Crippen LogP contribution is 2.17. The SMILES string of the molecule is Cc1cccc(-n2c(Cc3nn[nH]n3)n[nH]c2=O)c1C. The van der Waals surface area contributed by atoms with Crippen LogP contribution in [0.3, 0.4) is 0 Å². The van der Waals surface area contributed by atoms with Crippen LogP contribution in [-0.2, 0) is 6.42 Å². The molecule has 0 bridgehead atoms. The number of hydrogen-bond donors (Lipinski definition) is 2. The molecule has 0 aliphatic heterocycles. The molecule has 102 valence electrons. The van der Waals surface area contributed by atoms with Crippen molar-refractivity contribution in [1.29, 1.82) is 0 Å². The minimum atomic E-state index is -0.280. The predicted molar refractivity (Wildman–Crippen MR) is 70.6 cm³/mol. The van der Waals surface area contributed by atoms with Crippen LogP contribution in [0.15, 0.2) is 23.0 Å². The molecule has 3 aromatic rings. The molecule has 0 atom stereocenters. The van der Waals surface area contributed by atoms with E-state index in [9.17, 15) is 4.79 Å². The Morgan fingerprint density at radius 2 is 2.10 bits per heavy atom. The monoisotopic (exact) mass is 271 g/mol. The normalized spacial score (nSPS) is 10.9. The lowest BCUT2D eigenvalue weighted by Gasteiger charge is -2.10. The molecular weight excluding hydrogens is 258 g/mol. The van der Waals surface area contributed by atoms with Crippen molar-refractivity contribution < 1.29 is 0 Å². The van der Waals surface area contributed by atoms with Gasteiger partial charge in [0.1, 0.15) is 5.82 Å². The maximum Gasteiger partial charge on any atom is 0.347 e. The van der Waals surface area contributed by atoms with Crippen molar-refractivity contribution in [2.75, 3.05) is 0 Å². The number of aryl methyl sites for hydroxylation is 1. The third kappa shape index (κ3) is 2.00. The van der Waals surface area contributed by atoms with Gasteiger partial charge in [-0.05, 0) is 31.0 Å². The van der Waals surface area contributed by atoms with Crippen molar-refractivity contribution in [3.8, 4) is 5.69 Å². The van der Waals surface area contributed by atoms with Gasteiger partial charge < -0.3 is 0 Å². The Bertz CT molecular complexity index is 784. The Kier molecular flexibility index (Phi) is 2.90. The molecule has 0 aliphatic rings. The summed E-state index contributed by atoms with van der Waals surface area (Å²) < 4.78 is 1.54. The van der Waals surface area contributed by atoms with Crippen LogP contribution in [0.4, 0.5) is 0 Å². The standard InChI is InChI=1S/C12H13N7O/c1-7-4-3-5-9(8(7)2)19-11(15-16-12(19)20)6-10-13-17-18-14-10/h3-5H,6H2,1-2H3,(H,16,20)(H,13,14,17,18). The van der Waals surface area contributed by atoms with Crippen molar-refractivity contribution in [2.45, 2.75) is 20.3 Å². The van der Waals surface area contributed by atoms with Crippen molar-refractivity contribution in [1.82, 2.24) is 35.4 Å². The molecule has 0 fully saturated rings. The number of tetrazole rings is 1. The van der Waals surface area contributed by atoms with Crippen LogP contribution in [0.5, 0.6) is 0 Å². The van der Waals surface area contributed by atoms with Gasteiger partial charge in [0.2, 0.25) is 0 Å². The molecule has 2 aromatic heterocycles. The topological polar surface area (TPSA) is 105 Å². The molecule has 0 spiro atoms. The molecule has 0 saturated heterocycles. The Morgan fingerprint density at radius 3 is 2.85 bits per heavy atom. The summed E-state index contributed by atoms with van der Waals surface area (Å²) in [5, 5.41) is 20.1. The van der Waals surface area contributed by atoms with Gasteiger partial charge in [-0.25, -0.2) is 14.5 Å². The number of hydrogen-bond acceptors (Lipinski definition) is 5. The smallest absolute Gasteiger partial charge is 0.246 e. The highest BCUT2D eigenvalue weighted by molar-refractivity contribution is 5.45. The number of nitrogens with one attached hydrogen (secondary N) is 2. The van der Waals surface area contributed by atoms with Crippen LogP contribution in [0.1, 0.15) is 22.8 Å². The molecule has 8 nitrogen and oxygen atoms in total. The van der Waals surface area contributed by atoms with Crippen LogP contribution < -0.4 is 5.69 Å². The number of aromatic amines is 2. The minimum Gasteiger partial charge on any atom is -0.246 e. The summed E-state index contributed by atoms with van der Waals surface area (Å²) in [6.07, 6.45) is 0.322. The van der Waals surface area contributed by atoms with Gasteiger partial charge in [-0.2, -0.15) is 10.3 Å². The number of rotatable bonds is 3. The van der Waals surface area contributed by atoms with E-state index in [1.54, 1.807) is 4.57 Å². The van der Waals surface area contributed by atoms with E-state index in [-0.39, 0.29) is 5.69 Å². The molecule has 0 aliphatic carbocycles. The Balaban J connectivity index is 2.12. The van der Waals surface area contributed by atoms with Crippen molar-refractivity contribution in [3.63, 3.8) is 0 Å². The molecule has 1 aromatic carbocycles. The molecule has 0 radical (unpaired) electrons. The van der Waals surface area contributed by atoms with Crippen molar-refractivity contribution in [3.05, 3.63) is 51.5 Å². The van der Waals surface area contributed by atoms with Crippen LogP contribution in [-0.4, -0.2) is 35.4 Å².